The standard InChI is InChI=1S/C24H30Cl3N3O4S/c1-6-20(23(32)28-24(2,3)4)29(14-16-11-12-17(25)19(27)13-16)22(31)15-30(35(5,33)34)21-10-8-7-9-18(21)26/h7-13,20H,6,14-15H2,1-5H3,(H,28,32)/t20-/m0/s1. The molecule has 0 aliphatic carbocycles. The van der Waals surface area contributed by atoms with Gasteiger partial charge in [0, 0.05) is 12.1 Å². The maximum absolute atomic E-state index is 13.6. The Labute approximate surface area is 222 Å². The van der Waals surface area contributed by atoms with Gasteiger partial charge in [-0.2, -0.15) is 0 Å². The molecule has 0 aliphatic rings. The summed E-state index contributed by atoms with van der Waals surface area (Å²) in [5, 5.41) is 3.74. The fourth-order valence-corrected chi connectivity index (χ4v) is 4.93. The van der Waals surface area contributed by atoms with E-state index in [1.54, 1.807) is 43.3 Å². The SMILES string of the molecule is CC[C@@H](C(=O)NC(C)(C)C)N(Cc1ccc(Cl)c(Cl)c1)C(=O)CN(c1ccccc1Cl)S(C)(=O)=O. The van der Waals surface area contributed by atoms with Crippen LogP contribution in [-0.4, -0.2) is 49.5 Å². The van der Waals surface area contributed by atoms with Gasteiger partial charge in [-0.25, -0.2) is 8.42 Å². The molecule has 0 saturated heterocycles. The number of sulfonamides is 1. The number of halogens is 3. The lowest BCUT2D eigenvalue weighted by atomic mass is 10.1. The molecule has 0 fully saturated rings. The molecule has 0 radical (unpaired) electrons. The maximum Gasteiger partial charge on any atom is 0.244 e. The van der Waals surface area contributed by atoms with E-state index in [9.17, 15) is 18.0 Å². The Morgan fingerprint density at radius 1 is 1.00 bits per heavy atom. The van der Waals surface area contributed by atoms with Crippen LogP contribution in [0.1, 0.15) is 39.7 Å². The monoisotopic (exact) mass is 561 g/mol. The number of para-hydroxylation sites is 1. The first-order valence-corrected chi connectivity index (χ1v) is 13.9. The molecule has 2 aromatic carbocycles. The summed E-state index contributed by atoms with van der Waals surface area (Å²) < 4.78 is 26.2. The molecular formula is C24H30Cl3N3O4S. The summed E-state index contributed by atoms with van der Waals surface area (Å²) in [5.41, 5.74) is 0.282. The van der Waals surface area contributed by atoms with Gasteiger partial charge >= 0.3 is 0 Å². The smallest absolute Gasteiger partial charge is 0.244 e. The minimum atomic E-state index is -3.87. The molecule has 0 aromatic heterocycles. The van der Waals surface area contributed by atoms with Crippen molar-refractivity contribution < 1.29 is 18.0 Å². The number of carbonyl (C=O) groups excluding carboxylic acids is 2. The van der Waals surface area contributed by atoms with Crippen LogP contribution in [0.15, 0.2) is 42.5 Å². The third kappa shape index (κ3) is 8.27. The van der Waals surface area contributed by atoms with E-state index in [0.29, 0.717) is 22.0 Å². The fourth-order valence-electron chi connectivity index (χ4n) is 3.46. The Kier molecular flexibility index (Phi) is 9.87. The minimum Gasteiger partial charge on any atom is -0.350 e. The summed E-state index contributed by atoms with van der Waals surface area (Å²) in [6.07, 6.45) is 1.30. The summed E-state index contributed by atoms with van der Waals surface area (Å²) in [6, 6.07) is 10.4. The van der Waals surface area contributed by atoms with Crippen LogP contribution in [0.25, 0.3) is 0 Å². The third-order valence-corrected chi connectivity index (χ3v) is 7.21. The van der Waals surface area contributed by atoms with Gasteiger partial charge in [-0.05, 0) is 57.0 Å². The first kappa shape index (κ1) is 29.2. The van der Waals surface area contributed by atoms with Crippen molar-refractivity contribution in [1.29, 1.82) is 0 Å². The number of amides is 2. The van der Waals surface area contributed by atoms with Crippen molar-refractivity contribution in [3.05, 3.63) is 63.1 Å². The van der Waals surface area contributed by atoms with E-state index in [1.165, 1.54) is 11.0 Å². The molecule has 35 heavy (non-hydrogen) atoms. The fraction of sp³-hybridized carbons (Fsp3) is 0.417. The van der Waals surface area contributed by atoms with Crippen molar-refractivity contribution in [1.82, 2.24) is 10.2 Å². The Morgan fingerprint density at radius 3 is 2.14 bits per heavy atom. The molecule has 2 rings (SSSR count). The summed E-state index contributed by atoms with van der Waals surface area (Å²) >= 11 is 18.4. The predicted octanol–water partition coefficient (Wildman–Crippen LogP) is 5.13. The van der Waals surface area contributed by atoms with Crippen LogP contribution in [0.3, 0.4) is 0 Å². The van der Waals surface area contributed by atoms with Gasteiger partial charge in [0.2, 0.25) is 21.8 Å². The molecule has 0 spiro atoms. The lowest BCUT2D eigenvalue weighted by Crippen LogP contribution is -2.55. The number of hydrogen-bond acceptors (Lipinski definition) is 4. The zero-order chi connectivity index (χ0) is 26.6. The van der Waals surface area contributed by atoms with E-state index in [2.05, 4.69) is 5.32 Å². The quantitative estimate of drug-likeness (QED) is 0.459. The van der Waals surface area contributed by atoms with Gasteiger partial charge in [0.05, 0.1) is 27.0 Å². The normalized spacial score (nSPS) is 12.7. The van der Waals surface area contributed by atoms with E-state index in [-0.39, 0.29) is 23.2 Å². The lowest BCUT2D eigenvalue weighted by Gasteiger charge is -2.34. The van der Waals surface area contributed by atoms with E-state index in [1.807, 2.05) is 20.8 Å². The molecule has 1 N–H and O–H groups in total. The van der Waals surface area contributed by atoms with Crippen LogP contribution in [0.4, 0.5) is 5.69 Å². The van der Waals surface area contributed by atoms with Gasteiger partial charge in [-0.1, -0.05) is 59.9 Å². The first-order chi connectivity index (χ1) is 16.1. The molecule has 7 nitrogen and oxygen atoms in total. The van der Waals surface area contributed by atoms with E-state index < -0.39 is 34.1 Å². The number of benzene rings is 2. The van der Waals surface area contributed by atoms with Crippen molar-refractivity contribution in [2.45, 2.75) is 52.2 Å². The molecule has 0 heterocycles. The van der Waals surface area contributed by atoms with Crippen LogP contribution in [-0.2, 0) is 26.2 Å². The lowest BCUT2D eigenvalue weighted by molar-refractivity contribution is -0.141. The summed E-state index contributed by atoms with van der Waals surface area (Å²) in [7, 11) is -3.87. The minimum absolute atomic E-state index is 0.0198. The van der Waals surface area contributed by atoms with E-state index in [4.69, 9.17) is 34.8 Å². The summed E-state index contributed by atoms with van der Waals surface area (Å²) in [6.45, 7) is 6.78. The molecule has 0 saturated carbocycles. The number of nitrogens with zero attached hydrogens (tertiary/aromatic N) is 2. The first-order valence-electron chi connectivity index (χ1n) is 10.9. The zero-order valence-electron chi connectivity index (χ0n) is 20.3. The molecule has 0 aliphatic heterocycles. The second-order valence-electron chi connectivity index (χ2n) is 9.15. The molecule has 0 unspecified atom stereocenters. The Bertz CT molecular complexity index is 1180. The molecule has 11 heteroatoms. The molecule has 2 aromatic rings. The van der Waals surface area contributed by atoms with E-state index in [0.717, 1.165) is 10.6 Å². The number of carbonyl (C=O) groups is 2. The Morgan fingerprint density at radius 2 is 1.63 bits per heavy atom. The molecule has 0 bridgehead atoms. The highest BCUT2D eigenvalue weighted by atomic mass is 35.5. The van der Waals surface area contributed by atoms with Gasteiger partial charge in [-0.3, -0.25) is 13.9 Å². The number of rotatable bonds is 9. The van der Waals surface area contributed by atoms with Crippen molar-refractivity contribution in [3.63, 3.8) is 0 Å². The predicted molar refractivity (Wildman–Crippen MR) is 143 cm³/mol. The summed E-state index contributed by atoms with van der Waals surface area (Å²) in [4.78, 5) is 28.2. The Balaban J connectivity index is 2.50. The van der Waals surface area contributed by atoms with Crippen molar-refractivity contribution in [2.75, 3.05) is 17.1 Å². The highest BCUT2D eigenvalue weighted by Gasteiger charge is 2.33. The van der Waals surface area contributed by atoms with Crippen LogP contribution in [0.5, 0.6) is 0 Å². The molecule has 2 amide bonds. The number of hydrogen-bond donors (Lipinski definition) is 1. The van der Waals surface area contributed by atoms with E-state index >= 15 is 0 Å². The second kappa shape index (κ2) is 11.8. The zero-order valence-corrected chi connectivity index (χ0v) is 23.4. The number of anilines is 1. The molecular weight excluding hydrogens is 533 g/mol. The van der Waals surface area contributed by atoms with Crippen LogP contribution >= 0.6 is 34.8 Å². The van der Waals surface area contributed by atoms with Crippen LogP contribution in [0.2, 0.25) is 15.1 Å². The largest absolute Gasteiger partial charge is 0.350 e. The van der Waals surface area contributed by atoms with Crippen molar-refractivity contribution in [2.24, 2.45) is 0 Å². The highest BCUT2D eigenvalue weighted by molar-refractivity contribution is 7.92. The average Bonchev–Trinajstić information content (AvgIpc) is 2.73. The maximum atomic E-state index is 13.6. The second-order valence-corrected chi connectivity index (χ2v) is 12.3. The summed E-state index contributed by atoms with van der Waals surface area (Å²) in [5.74, 6) is -0.922. The average molecular weight is 563 g/mol. The molecule has 1 atom stereocenters. The van der Waals surface area contributed by atoms with Crippen LogP contribution in [0, 0.1) is 0 Å². The van der Waals surface area contributed by atoms with Crippen LogP contribution < -0.4 is 9.62 Å². The highest BCUT2D eigenvalue weighted by Crippen LogP contribution is 2.28. The topological polar surface area (TPSA) is 86.8 Å². The van der Waals surface area contributed by atoms with Gasteiger partial charge in [0.15, 0.2) is 0 Å². The molecule has 192 valence electrons. The van der Waals surface area contributed by atoms with Crippen molar-refractivity contribution >= 4 is 62.3 Å². The van der Waals surface area contributed by atoms with Gasteiger partial charge in [0.1, 0.15) is 12.6 Å². The van der Waals surface area contributed by atoms with Crippen molar-refractivity contribution in [3.8, 4) is 0 Å². The van der Waals surface area contributed by atoms with Gasteiger partial charge < -0.3 is 10.2 Å². The van der Waals surface area contributed by atoms with Gasteiger partial charge in [0.25, 0.3) is 0 Å². The Hall–Kier alpha value is -2.00. The third-order valence-electron chi connectivity index (χ3n) is 5.02. The van der Waals surface area contributed by atoms with Gasteiger partial charge in [-0.15, -0.1) is 0 Å². The number of nitrogens with one attached hydrogen (secondary N) is 1.